The molecular weight excluding hydrogens is 262 g/mol. The number of hydrogen-bond acceptors (Lipinski definition) is 1. The third kappa shape index (κ3) is 4.17. The first-order valence-corrected chi connectivity index (χ1v) is 6.99. The van der Waals surface area contributed by atoms with E-state index in [1.807, 2.05) is 0 Å². The minimum atomic E-state index is 0.614. The van der Waals surface area contributed by atoms with Crippen molar-refractivity contribution in [2.24, 2.45) is 0 Å². The van der Waals surface area contributed by atoms with E-state index in [2.05, 4.69) is 60.2 Å². The molecule has 0 amide bonds. The highest BCUT2D eigenvalue weighted by Crippen LogP contribution is 2.23. The molecule has 2 heteroatoms. The summed E-state index contributed by atoms with van der Waals surface area (Å²) in [6, 6.07) is 7.03. The predicted octanol–water partition coefficient (Wildman–Crippen LogP) is 5.14. The molecule has 0 bridgehead atoms. The Balaban J connectivity index is 2.71. The summed E-state index contributed by atoms with van der Waals surface area (Å²) >= 11 is 3.52. The maximum atomic E-state index is 3.66. The van der Waals surface area contributed by atoms with E-state index in [0.717, 1.165) is 4.47 Å². The van der Waals surface area contributed by atoms with Gasteiger partial charge in [-0.05, 0) is 37.5 Å². The summed E-state index contributed by atoms with van der Waals surface area (Å²) in [5, 5.41) is 3.66. The summed E-state index contributed by atoms with van der Waals surface area (Å²) in [4.78, 5) is 0. The normalized spacial score (nSPS) is 10.8. The van der Waals surface area contributed by atoms with Gasteiger partial charge in [0.2, 0.25) is 0 Å². The third-order valence-corrected chi connectivity index (χ3v) is 3.33. The minimum absolute atomic E-state index is 0.614. The van der Waals surface area contributed by atoms with E-state index < -0.39 is 0 Å². The van der Waals surface area contributed by atoms with Crippen molar-refractivity contribution >= 4 is 21.6 Å². The molecule has 0 radical (unpaired) electrons. The van der Waals surface area contributed by atoms with Crippen LogP contribution in [0.2, 0.25) is 0 Å². The summed E-state index contributed by atoms with van der Waals surface area (Å²) in [6.45, 7) is 6.65. The van der Waals surface area contributed by atoms with Crippen molar-refractivity contribution in [1.29, 1.82) is 0 Å². The first-order chi connectivity index (χ1) is 7.67. The first-order valence-electron chi connectivity index (χ1n) is 6.20. The molecule has 0 aliphatic heterocycles. The zero-order valence-corrected chi connectivity index (χ0v) is 12.1. The number of rotatable bonds is 6. The largest absolute Gasteiger partial charge is 0.382 e. The monoisotopic (exact) mass is 283 g/mol. The van der Waals surface area contributed by atoms with E-state index >= 15 is 0 Å². The molecule has 0 aliphatic carbocycles. The van der Waals surface area contributed by atoms with E-state index in [4.69, 9.17) is 0 Å². The fourth-order valence-electron chi connectivity index (χ4n) is 1.96. The highest BCUT2D eigenvalue weighted by Gasteiger charge is 2.08. The lowest BCUT2D eigenvalue weighted by atomic mass is 10.1. The summed E-state index contributed by atoms with van der Waals surface area (Å²) < 4.78 is 1.15. The van der Waals surface area contributed by atoms with Crippen LogP contribution < -0.4 is 5.32 Å². The quantitative estimate of drug-likeness (QED) is 0.762. The van der Waals surface area contributed by atoms with Gasteiger partial charge in [-0.2, -0.15) is 0 Å². The Kier molecular flexibility index (Phi) is 5.89. The Labute approximate surface area is 108 Å². The molecule has 0 saturated heterocycles. The molecule has 0 spiro atoms. The maximum Gasteiger partial charge on any atom is 0.0383 e. The molecule has 0 aliphatic rings. The summed E-state index contributed by atoms with van der Waals surface area (Å²) in [7, 11) is 0. The van der Waals surface area contributed by atoms with Crippen LogP contribution in [0.4, 0.5) is 5.69 Å². The van der Waals surface area contributed by atoms with Gasteiger partial charge in [-0.15, -0.1) is 0 Å². The Morgan fingerprint density at radius 1 is 1.19 bits per heavy atom. The van der Waals surface area contributed by atoms with Crippen LogP contribution in [0.5, 0.6) is 0 Å². The van der Waals surface area contributed by atoms with Crippen molar-refractivity contribution in [1.82, 2.24) is 0 Å². The highest BCUT2D eigenvalue weighted by atomic mass is 79.9. The molecular formula is C14H22BrN. The lowest BCUT2D eigenvalue weighted by Gasteiger charge is -2.20. The molecule has 16 heavy (non-hydrogen) atoms. The number of benzene rings is 1. The van der Waals surface area contributed by atoms with Gasteiger partial charge in [0.05, 0.1) is 0 Å². The van der Waals surface area contributed by atoms with Gasteiger partial charge in [-0.1, -0.05) is 48.7 Å². The second kappa shape index (κ2) is 6.95. The minimum Gasteiger partial charge on any atom is -0.382 e. The fourth-order valence-corrected chi connectivity index (χ4v) is 2.32. The topological polar surface area (TPSA) is 12.0 Å². The van der Waals surface area contributed by atoms with Crippen LogP contribution in [0.1, 0.15) is 45.1 Å². The number of hydrogen-bond donors (Lipinski definition) is 1. The molecule has 0 saturated carbocycles. The SMILES string of the molecule is CCCC(CCC)Nc1cc(Br)ccc1C. The second-order valence-electron chi connectivity index (χ2n) is 4.38. The molecule has 90 valence electrons. The zero-order valence-electron chi connectivity index (χ0n) is 10.5. The van der Waals surface area contributed by atoms with E-state index in [-0.39, 0.29) is 0 Å². The summed E-state index contributed by atoms with van der Waals surface area (Å²) in [5.41, 5.74) is 2.58. The molecule has 1 rings (SSSR count). The molecule has 1 aromatic carbocycles. The molecule has 0 heterocycles. The van der Waals surface area contributed by atoms with Crippen LogP contribution in [-0.4, -0.2) is 6.04 Å². The van der Waals surface area contributed by atoms with Gasteiger partial charge < -0.3 is 5.32 Å². The molecule has 1 aromatic rings. The third-order valence-electron chi connectivity index (χ3n) is 2.83. The molecule has 0 aromatic heterocycles. The van der Waals surface area contributed by atoms with Gasteiger partial charge in [0.15, 0.2) is 0 Å². The Hall–Kier alpha value is -0.500. The van der Waals surface area contributed by atoms with Crippen molar-refractivity contribution < 1.29 is 0 Å². The molecule has 0 fully saturated rings. The Morgan fingerprint density at radius 3 is 2.38 bits per heavy atom. The van der Waals surface area contributed by atoms with E-state index in [1.54, 1.807) is 0 Å². The maximum absolute atomic E-state index is 3.66. The van der Waals surface area contributed by atoms with Crippen molar-refractivity contribution in [2.45, 2.75) is 52.5 Å². The molecule has 1 nitrogen and oxygen atoms in total. The zero-order chi connectivity index (χ0) is 12.0. The van der Waals surface area contributed by atoms with Gasteiger partial charge >= 0.3 is 0 Å². The summed E-state index contributed by atoms with van der Waals surface area (Å²) in [6.07, 6.45) is 4.98. The van der Waals surface area contributed by atoms with E-state index in [0.29, 0.717) is 6.04 Å². The first kappa shape index (κ1) is 13.6. The molecule has 1 N–H and O–H groups in total. The van der Waals surface area contributed by atoms with Crippen LogP contribution in [0.3, 0.4) is 0 Å². The smallest absolute Gasteiger partial charge is 0.0383 e. The van der Waals surface area contributed by atoms with E-state index in [9.17, 15) is 0 Å². The number of nitrogens with one attached hydrogen (secondary N) is 1. The van der Waals surface area contributed by atoms with Crippen molar-refractivity contribution in [3.05, 3.63) is 28.2 Å². The number of halogens is 1. The Morgan fingerprint density at radius 2 is 1.81 bits per heavy atom. The van der Waals surface area contributed by atoms with Crippen LogP contribution in [-0.2, 0) is 0 Å². The fraction of sp³-hybridized carbons (Fsp3) is 0.571. The predicted molar refractivity (Wildman–Crippen MR) is 76.1 cm³/mol. The highest BCUT2D eigenvalue weighted by molar-refractivity contribution is 9.10. The molecule has 0 atom stereocenters. The van der Waals surface area contributed by atoms with Crippen molar-refractivity contribution in [2.75, 3.05) is 5.32 Å². The Bertz CT molecular complexity index is 317. The van der Waals surface area contributed by atoms with Crippen LogP contribution in [0, 0.1) is 6.92 Å². The lowest BCUT2D eigenvalue weighted by Crippen LogP contribution is -2.19. The van der Waals surface area contributed by atoms with Crippen LogP contribution in [0.15, 0.2) is 22.7 Å². The van der Waals surface area contributed by atoms with Crippen LogP contribution >= 0.6 is 15.9 Å². The second-order valence-corrected chi connectivity index (χ2v) is 5.29. The van der Waals surface area contributed by atoms with Crippen LogP contribution in [0.25, 0.3) is 0 Å². The van der Waals surface area contributed by atoms with Crippen molar-refractivity contribution in [3.8, 4) is 0 Å². The van der Waals surface area contributed by atoms with Gasteiger partial charge in [-0.3, -0.25) is 0 Å². The van der Waals surface area contributed by atoms with Gasteiger partial charge in [0, 0.05) is 16.2 Å². The van der Waals surface area contributed by atoms with E-state index in [1.165, 1.54) is 36.9 Å². The number of aryl methyl sites for hydroxylation is 1. The van der Waals surface area contributed by atoms with Gasteiger partial charge in [0.25, 0.3) is 0 Å². The summed E-state index contributed by atoms with van der Waals surface area (Å²) in [5.74, 6) is 0. The van der Waals surface area contributed by atoms with Crippen molar-refractivity contribution in [3.63, 3.8) is 0 Å². The average molecular weight is 284 g/mol. The standard InChI is InChI=1S/C14H22BrN/c1-4-6-13(7-5-2)16-14-10-12(15)9-8-11(14)3/h8-10,13,16H,4-7H2,1-3H3. The van der Waals surface area contributed by atoms with Gasteiger partial charge in [-0.25, -0.2) is 0 Å². The number of anilines is 1. The lowest BCUT2D eigenvalue weighted by molar-refractivity contribution is 0.586. The average Bonchev–Trinajstić information content (AvgIpc) is 2.24. The van der Waals surface area contributed by atoms with Gasteiger partial charge in [0.1, 0.15) is 0 Å². The molecule has 0 unspecified atom stereocenters.